The first kappa shape index (κ1) is 19.3. The third-order valence-electron chi connectivity index (χ3n) is 4.37. The summed E-state index contributed by atoms with van der Waals surface area (Å²) in [6.45, 7) is 0.696. The van der Waals surface area contributed by atoms with Crippen LogP contribution in [0.25, 0.3) is 10.9 Å². The van der Waals surface area contributed by atoms with Crippen molar-refractivity contribution in [1.29, 1.82) is 0 Å². The molecule has 0 unspecified atom stereocenters. The van der Waals surface area contributed by atoms with Gasteiger partial charge in [-0.05, 0) is 23.8 Å². The van der Waals surface area contributed by atoms with Gasteiger partial charge in [-0.1, -0.05) is 24.3 Å². The number of hydrogen-bond donors (Lipinski definition) is 1. The molecule has 1 aromatic heterocycles. The van der Waals surface area contributed by atoms with E-state index in [0.717, 1.165) is 22.0 Å². The monoisotopic (exact) mass is 381 g/mol. The largest absolute Gasteiger partial charge is 0.493 e. The summed E-state index contributed by atoms with van der Waals surface area (Å²) in [6.07, 6.45) is 3.64. The molecule has 0 spiro atoms. The van der Waals surface area contributed by atoms with Gasteiger partial charge in [0.1, 0.15) is 6.54 Å². The summed E-state index contributed by atoms with van der Waals surface area (Å²) in [5.41, 5.74) is 5.92. The first-order valence-corrected chi connectivity index (χ1v) is 8.77. The number of carbonyl (C=O) groups is 1. The second-order valence-electron chi connectivity index (χ2n) is 6.09. The summed E-state index contributed by atoms with van der Waals surface area (Å²) in [4.78, 5) is 11.6. The van der Waals surface area contributed by atoms with Crippen LogP contribution in [-0.4, -0.2) is 38.1 Å². The van der Waals surface area contributed by atoms with E-state index in [4.69, 9.17) is 14.2 Å². The Morgan fingerprint density at radius 3 is 2.64 bits per heavy atom. The van der Waals surface area contributed by atoms with E-state index in [1.165, 1.54) is 7.11 Å². The van der Waals surface area contributed by atoms with Gasteiger partial charge in [0.05, 0.1) is 34.1 Å². The number of methoxy groups -OCH3 is 3. The molecular formula is C21H23N3O4. The van der Waals surface area contributed by atoms with E-state index in [9.17, 15) is 4.79 Å². The topological polar surface area (TPSA) is 74.1 Å². The fourth-order valence-corrected chi connectivity index (χ4v) is 2.96. The number of esters is 1. The van der Waals surface area contributed by atoms with Gasteiger partial charge < -0.3 is 24.2 Å². The van der Waals surface area contributed by atoms with Gasteiger partial charge in [-0.2, -0.15) is 5.10 Å². The van der Waals surface area contributed by atoms with E-state index >= 15 is 0 Å². The van der Waals surface area contributed by atoms with Crippen LogP contribution in [0.5, 0.6) is 11.5 Å². The van der Waals surface area contributed by atoms with Crippen LogP contribution in [0.15, 0.2) is 53.8 Å². The van der Waals surface area contributed by atoms with Crippen LogP contribution < -0.4 is 14.9 Å². The van der Waals surface area contributed by atoms with E-state index < -0.39 is 0 Å². The molecule has 0 atom stereocenters. The number of nitrogens with zero attached hydrogens (tertiary/aromatic N) is 2. The van der Waals surface area contributed by atoms with Crippen molar-refractivity contribution in [3.63, 3.8) is 0 Å². The molecule has 0 saturated heterocycles. The van der Waals surface area contributed by atoms with Crippen molar-refractivity contribution >= 4 is 23.1 Å². The minimum absolute atomic E-state index is 0.157. The molecular weight excluding hydrogens is 358 g/mol. The van der Waals surface area contributed by atoms with E-state index in [-0.39, 0.29) is 12.5 Å². The lowest BCUT2D eigenvalue weighted by Crippen LogP contribution is -2.10. The summed E-state index contributed by atoms with van der Waals surface area (Å²) in [5, 5.41) is 5.34. The highest BCUT2D eigenvalue weighted by molar-refractivity contribution is 5.99. The van der Waals surface area contributed by atoms with Gasteiger partial charge in [0.25, 0.3) is 0 Å². The molecule has 3 rings (SSSR count). The molecule has 0 aliphatic rings. The average molecular weight is 381 g/mol. The number of benzene rings is 2. The van der Waals surface area contributed by atoms with Crippen molar-refractivity contribution in [2.75, 3.05) is 21.3 Å². The molecule has 28 heavy (non-hydrogen) atoms. The molecule has 0 radical (unpaired) electrons. The Morgan fingerprint density at radius 1 is 1.11 bits per heavy atom. The lowest BCUT2D eigenvalue weighted by atomic mass is 10.2. The van der Waals surface area contributed by atoms with Crippen molar-refractivity contribution in [1.82, 2.24) is 9.99 Å². The van der Waals surface area contributed by atoms with Crippen LogP contribution in [0.2, 0.25) is 0 Å². The maximum atomic E-state index is 11.6. The zero-order chi connectivity index (χ0) is 19.9. The zero-order valence-corrected chi connectivity index (χ0v) is 16.1. The Hall–Kier alpha value is -3.48. The van der Waals surface area contributed by atoms with Crippen molar-refractivity contribution < 1.29 is 19.0 Å². The SMILES string of the molecule is COC(=O)Cn1cc(/C=N\NCc2ccc(OC)c(OC)c2)c2ccccc21. The summed E-state index contributed by atoms with van der Waals surface area (Å²) in [5.74, 6) is 1.07. The van der Waals surface area contributed by atoms with Crippen molar-refractivity contribution in [3.05, 3.63) is 59.8 Å². The van der Waals surface area contributed by atoms with Crippen LogP contribution in [-0.2, 0) is 22.6 Å². The Morgan fingerprint density at radius 2 is 1.89 bits per heavy atom. The number of ether oxygens (including phenoxy) is 3. The maximum Gasteiger partial charge on any atom is 0.325 e. The standard InChI is InChI=1S/C21H23N3O4/c1-26-19-9-8-15(10-20(19)27-2)11-22-23-12-16-13-24(14-21(25)28-3)18-7-5-4-6-17(16)18/h4-10,12-13,22H,11,14H2,1-3H3/b23-12-. The summed E-state index contributed by atoms with van der Waals surface area (Å²) >= 11 is 0. The molecule has 0 aliphatic heterocycles. The average Bonchev–Trinajstić information content (AvgIpc) is 3.08. The van der Waals surface area contributed by atoms with Crippen molar-refractivity contribution in [2.24, 2.45) is 5.10 Å². The minimum atomic E-state index is -0.296. The number of aromatic nitrogens is 1. The highest BCUT2D eigenvalue weighted by Gasteiger charge is 2.10. The van der Waals surface area contributed by atoms with Gasteiger partial charge in [-0.15, -0.1) is 0 Å². The molecule has 2 aromatic carbocycles. The number of para-hydroxylation sites is 1. The third-order valence-corrected chi connectivity index (χ3v) is 4.37. The van der Waals surface area contributed by atoms with Crippen LogP contribution in [0.4, 0.5) is 0 Å². The molecule has 7 nitrogen and oxygen atoms in total. The van der Waals surface area contributed by atoms with E-state index in [0.29, 0.717) is 18.0 Å². The lowest BCUT2D eigenvalue weighted by Gasteiger charge is -2.09. The molecule has 1 heterocycles. The predicted octanol–water partition coefficient (Wildman–Crippen LogP) is 2.96. The first-order valence-electron chi connectivity index (χ1n) is 8.77. The van der Waals surface area contributed by atoms with Gasteiger partial charge in [0, 0.05) is 22.7 Å². The highest BCUT2D eigenvalue weighted by Crippen LogP contribution is 2.27. The first-order chi connectivity index (χ1) is 13.7. The number of hydrogen-bond acceptors (Lipinski definition) is 6. The van der Waals surface area contributed by atoms with Crippen molar-refractivity contribution in [3.8, 4) is 11.5 Å². The van der Waals surface area contributed by atoms with Gasteiger partial charge in [0.2, 0.25) is 0 Å². The van der Waals surface area contributed by atoms with Crippen LogP contribution in [0.1, 0.15) is 11.1 Å². The predicted molar refractivity (Wildman–Crippen MR) is 108 cm³/mol. The number of fused-ring (bicyclic) bond motifs is 1. The number of nitrogens with one attached hydrogen (secondary N) is 1. The van der Waals surface area contributed by atoms with E-state index in [1.54, 1.807) is 20.4 Å². The van der Waals surface area contributed by atoms with Crippen LogP contribution >= 0.6 is 0 Å². The molecule has 146 valence electrons. The zero-order valence-electron chi connectivity index (χ0n) is 16.1. The molecule has 0 amide bonds. The fourth-order valence-electron chi connectivity index (χ4n) is 2.96. The minimum Gasteiger partial charge on any atom is -0.493 e. The quantitative estimate of drug-likeness (QED) is 0.369. The van der Waals surface area contributed by atoms with Crippen LogP contribution in [0.3, 0.4) is 0 Å². The summed E-state index contributed by atoms with van der Waals surface area (Å²) in [7, 11) is 4.60. The van der Waals surface area contributed by atoms with Crippen LogP contribution in [0, 0.1) is 0 Å². The van der Waals surface area contributed by atoms with Crippen molar-refractivity contribution in [2.45, 2.75) is 13.1 Å². The molecule has 0 saturated carbocycles. The normalized spacial score (nSPS) is 11.0. The van der Waals surface area contributed by atoms with Gasteiger partial charge in [-0.25, -0.2) is 0 Å². The fraction of sp³-hybridized carbons (Fsp3) is 0.238. The molecule has 7 heteroatoms. The molecule has 1 N–H and O–H groups in total. The van der Waals surface area contributed by atoms with Gasteiger partial charge >= 0.3 is 5.97 Å². The van der Waals surface area contributed by atoms with E-state index in [2.05, 4.69) is 10.5 Å². The molecule has 3 aromatic rings. The summed E-state index contributed by atoms with van der Waals surface area (Å²) in [6, 6.07) is 13.6. The van der Waals surface area contributed by atoms with E-state index in [1.807, 2.05) is 53.2 Å². The molecule has 0 bridgehead atoms. The Kier molecular flexibility index (Phi) is 6.16. The maximum absolute atomic E-state index is 11.6. The number of hydrazone groups is 1. The molecule has 0 fully saturated rings. The van der Waals surface area contributed by atoms with Gasteiger partial charge in [0.15, 0.2) is 11.5 Å². The number of carbonyl (C=O) groups excluding carboxylic acids is 1. The van der Waals surface area contributed by atoms with Gasteiger partial charge in [-0.3, -0.25) is 4.79 Å². The highest BCUT2D eigenvalue weighted by atomic mass is 16.5. The smallest absolute Gasteiger partial charge is 0.325 e. The number of rotatable bonds is 8. The second kappa shape index (κ2) is 8.94. The molecule has 0 aliphatic carbocycles. The Balaban J connectivity index is 1.72. The lowest BCUT2D eigenvalue weighted by molar-refractivity contribution is -0.141. The second-order valence-corrected chi connectivity index (χ2v) is 6.09. The Bertz CT molecular complexity index is 994. The Labute approximate surface area is 163 Å². The third kappa shape index (κ3) is 4.25. The summed E-state index contributed by atoms with van der Waals surface area (Å²) < 4.78 is 17.2.